The van der Waals surface area contributed by atoms with E-state index >= 15 is 0 Å². The molecular formula is C11H13FN2O. The molecule has 0 fully saturated rings. The van der Waals surface area contributed by atoms with Gasteiger partial charge in [-0.1, -0.05) is 17.7 Å². The first-order valence-electron chi connectivity index (χ1n) is 4.94. The molecule has 0 saturated heterocycles. The number of hydrogen-bond acceptors (Lipinski definition) is 2. The van der Waals surface area contributed by atoms with Gasteiger partial charge in [0.05, 0.1) is 5.69 Å². The Bertz CT molecular complexity index is 392. The van der Waals surface area contributed by atoms with Crippen LogP contribution in [0.25, 0.3) is 0 Å². The van der Waals surface area contributed by atoms with E-state index in [1.807, 2.05) is 25.1 Å². The second-order valence-corrected chi connectivity index (χ2v) is 3.65. The quantitative estimate of drug-likeness (QED) is 0.750. The minimum Gasteiger partial charge on any atom is -0.273 e. The molecular weight excluding hydrogens is 195 g/mol. The molecule has 1 aromatic carbocycles. The molecule has 15 heavy (non-hydrogen) atoms. The predicted molar refractivity (Wildman–Crippen MR) is 56.1 cm³/mol. The lowest BCUT2D eigenvalue weighted by atomic mass is 10.0. The number of hydrazine groups is 1. The fourth-order valence-corrected chi connectivity index (χ4v) is 1.85. The van der Waals surface area contributed by atoms with Crippen LogP contribution in [0.1, 0.15) is 17.5 Å². The van der Waals surface area contributed by atoms with Crippen molar-refractivity contribution in [3.8, 4) is 0 Å². The summed E-state index contributed by atoms with van der Waals surface area (Å²) in [5, 5.41) is 1.30. The van der Waals surface area contributed by atoms with E-state index in [0.29, 0.717) is 6.42 Å². The summed E-state index contributed by atoms with van der Waals surface area (Å²) in [5.74, 6) is -0.0796. The molecule has 0 radical (unpaired) electrons. The van der Waals surface area contributed by atoms with E-state index in [4.69, 9.17) is 0 Å². The molecule has 1 amide bonds. The monoisotopic (exact) mass is 208 g/mol. The first-order valence-corrected chi connectivity index (χ1v) is 4.94. The molecule has 0 atom stereocenters. The second kappa shape index (κ2) is 3.98. The normalized spacial score (nSPS) is 15.3. The summed E-state index contributed by atoms with van der Waals surface area (Å²) < 4.78 is 12.2. The Morgan fingerprint density at radius 3 is 3.00 bits per heavy atom. The number of nitrogens with zero attached hydrogens (tertiary/aromatic N) is 1. The molecule has 1 aromatic rings. The number of aryl methyl sites for hydroxylation is 2. The van der Waals surface area contributed by atoms with E-state index in [0.717, 1.165) is 23.2 Å². The fraction of sp³-hybridized carbons (Fsp3) is 0.364. The van der Waals surface area contributed by atoms with Gasteiger partial charge in [-0.3, -0.25) is 4.79 Å². The van der Waals surface area contributed by atoms with Crippen molar-refractivity contribution < 1.29 is 9.18 Å². The van der Waals surface area contributed by atoms with E-state index in [2.05, 4.69) is 5.43 Å². The minimum absolute atomic E-state index is 0.0796. The number of alkyl halides is 1. The third kappa shape index (κ3) is 1.85. The maximum atomic E-state index is 12.2. The number of amides is 1. The maximum absolute atomic E-state index is 12.2. The first-order chi connectivity index (χ1) is 7.22. The number of carbonyl (C=O) groups is 1. The molecule has 1 N–H and O–H groups in total. The van der Waals surface area contributed by atoms with Gasteiger partial charge in [-0.2, -0.15) is 5.43 Å². The third-order valence-corrected chi connectivity index (χ3v) is 2.55. The molecule has 1 aliphatic rings. The number of rotatable bonds is 2. The second-order valence-electron chi connectivity index (χ2n) is 3.65. The molecule has 4 heteroatoms. The van der Waals surface area contributed by atoms with Gasteiger partial charge in [0.25, 0.3) is 0 Å². The molecule has 80 valence electrons. The van der Waals surface area contributed by atoms with Crippen molar-refractivity contribution in [1.82, 2.24) is 5.43 Å². The lowest BCUT2D eigenvalue weighted by Crippen LogP contribution is -2.45. The van der Waals surface area contributed by atoms with Crippen LogP contribution >= 0.6 is 0 Å². The summed E-state index contributed by atoms with van der Waals surface area (Å²) in [5.41, 5.74) is 5.45. The van der Waals surface area contributed by atoms with Crippen molar-refractivity contribution in [1.29, 1.82) is 0 Å². The van der Waals surface area contributed by atoms with Crippen molar-refractivity contribution in [3.05, 3.63) is 29.3 Å². The molecule has 0 spiro atoms. The summed E-state index contributed by atoms with van der Waals surface area (Å²) in [6, 6.07) is 5.81. The van der Waals surface area contributed by atoms with Gasteiger partial charge in [0.15, 0.2) is 6.80 Å². The molecule has 0 aromatic heterocycles. The summed E-state index contributed by atoms with van der Waals surface area (Å²) in [6.07, 6.45) is 1.17. The Morgan fingerprint density at radius 2 is 2.27 bits per heavy atom. The van der Waals surface area contributed by atoms with Crippen LogP contribution in [-0.4, -0.2) is 12.7 Å². The number of nitrogens with one attached hydrogen (secondary N) is 1. The SMILES string of the molecule is Cc1ccc2c(c1)CCC(=O)N2NCF. The van der Waals surface area contributed by atoms with Crippen molar-refractivity contribution in [2.75, 3.05) is 11.8 Å². The van der Waals surface area contributed by atoms with Gasteiger partial charge < -0.3 is 0 Å². The number of benzene rings is 1. The van der Waals surface area contributed by atoms with Crippen molar-refractivity contribution >= 4 is 11.6 Å². The van der Waals surface area contributed by atoms with Gasteiger partial charge >= 0.3 is 0 Å². The Kier molecular flexibility index (Phi) is 2.68. The van der Waals surface area contributed by atoms with Gasteiger partial charge in [-0.05, 0) is 25.0 Å². The highest BCUT2D eigenvalue weighted by molar-refractivity contribution is 5.95. The van der Waals surface area contributed by atoms with Crippen LogP contribution in [0, 0.1) is 6.92 Å². The van der Waals surface area contributed by atoms with E-state index in [-0.39, 0.29) is 5.91 Å². The molecule has 1 heterocycles. The molecule has 0 aliphatic carbocycles. The van der Waals surface area contributed by atoms with E-state index in [1.54, 1.807) is 0 Å². The molecule has 1 aliphatic heterocycles. The van der Waals surface area contributed by atoms with Crippen LogP contribution in [0.15, 0.2) is 18.2 Å². The molecule has 0 saturated carbocycles. The Morgan fingerprint density at radius 1 is 1.47 bits per heavy atom. The summed E-state index contributed by atoms with van der Waals surface area (Å²) in [6.45, 7) is 1.27. The summed E-state index contributed by atoms with van der Waals surface area (Å²) in [7, 11) is 0. The van der Waals surface area contributed by atoms with Gasteiger partial charge in [-0.15, -0.1) is 0 Å². The average molecular weight is 208 g/mol. The lowest BCUT2D eigenvalue weighted by Gasteiger charge is -2.28. The van der Waals surface area contributed by atoms with Gasteiger partial charge in [0.2, 0.25) is 5.91 Å². The number of carbonyl (C=O) groups excluding carboxylic acids is 1. The Hall–Kier alpha value is -1.42. The fourth-order valence-electron chi connectivity index (χ4n) is 1.85. The first kappa shape index (κ1) is 10.1. The Balaban J connectivity index is 2.39. The molecule has 2 rings (SSSR count). The predicted octanol–water partition coefficient (Wildman–Crippen LogP) is 1.71. The zero-order valence-electron chi connectivity index (χ0n) is 8.59. The van der Waals surface area contributed by atoms with Crippen LogP contribution in [0.4, 0.5) is 10.1 Å². The highest BCUT2D eigenvalue weighted by Crippen LogP contribution is 2.27. The highest BCUT2D eigenvalue weighted by atomic mass is 19.1. The zero-order valence-corrected chi connectivity index (χ0v) is 8.59. The number of hydrogen-bond donors (Lipinski definition) is 1. The third-order valence-electron chi connectivity index (χ3n) is 2.55. The smallest absolute Gasteiger partial charge is 0.241 e. The summed E-state index contributed by atoms with van der Waals surface area (Å²) >= 11 is 0. The van der Waals surface area contributed by atoms with Gasteiger partial charge in [0, 0.05) is 6.42 Å². The lowest BCUT2D eigenvalue weighted by molar-refractivity contribution is -0.119. The topological polar surface area (TPSA) is 32.3 Å². The minimum atomic E-state index is -0.737. The number of anilines is 1. The van der Waals surface area contributed by atoms with E-state index < -0.39 is 6.80 Å². The van der Waals surface area contributed by atoms with Crippen LogP contribution in [0.5, 0.6) is 0 Å². The molecule has 0 unspecified atom stereocenters. The molecule has 3 nitrogen and oxygen atoms in total. The standard InChI is InChI=1S/C11H13FN2O/c1-8-2-4-10-9(6-8)3-5-11(15)14(10)13-7-12/h2,4,6,13H,3,5,7H2,1H3. The summed E-state index contributed by atoms with van der Waals surface area (Å²) in [4.78, 5) is 11.5. The van der Waals surface area contributed by atoms with Gasteiger partial charge in [-0.25, -0.2) is 9.40 Å². The van der Waals surface area contributed by atoms with Crippen molar-refractivity contribution in [2.24, 2.45) is 0 Å². The van der Waals surface area contributed by atoms with Crippen LogP contribution in [-0.2, 0) is 11.2 Å². The Labute approximate surface area is 87.9 Å². The van der Waals surface area contributed by atoms with Crippen molar-refractivity contribution in [2.45, 2.75) is 19.8 Å². The highest BCUT2D eigenvalue weighted by Gasteiger charge is 2.23. The number of fused-ring (bicyclic) bond motifs is 1. The average Bonchev–Trinajstić information content (AvgIpc) is 2.22. The van der Waals surface area contributed by atoms with Crippen LogP contribution in [0.2, 0.25) is 0 Å². The molecule has 0 bridgehead atoms. The van der Waals surface area contributed by atoms with Crippen LogP contribution < -0.4 is 10.4 Å². The number of halogens is 1. The van der Waals surface area contributed by atoms with E-state index in [1.165, 1.54) is 5.01 Å². The van der Waals surface area contributed by atoms with Crippen molar-refractivity contribution in [3.63, 3.8) is 0 Å². The van der Waals surface area contributed by atoms with Crippen LogP contribution in [0.3, 0.4) is 0 Å². The largest absolute Gasteiger partial charge is 0.273 e. The van der Waals surface area contributed by atoms with E-state index in [9.17, 15) is 9.18 Å². The van der Waals surface area contributed by atoms with Gasteiger partial charge in [0.1, 0.15) is 0 Å². The zero-order chi connectivity index (χ0) is 10.8. The maximum Gasteiger partial charge on any atom is 0.241 e.